The van der Waals surface area contributed by atoms with E-state index >= 15 is 0 Å². The summed E-state index contributed by atoms with van der Waals surface area (Å²) in [7, 11) is 0. The predicted molar refractivity (Wildman–Crippen MR) is 109 cm³/mol. The zero-order chi connectivity index (χ0) is 18.6. The van der Waals surface area contributed by atoms with E-state index in [1.165, 1.54) is 5.56 Å². The van der Waals surface area contributed by atoms with Crippen LogP contribution in [0.4, 0.5) is 5.69 Å². The van der Waals surface area contributed by atoms with Crippen LogP contribution in [0, 0.1) is 0 Å². The molecular formula is C23H21N3O. The molecule has 0 saturated heterocycles. The fourth-order valence-corrected chi connectivity index (χ4v) is 3.40. The second-order valence-electron chi connectivity index (χ2n) is 6.45. The van der Waals surface area contributed by atoms with Crippen molar-refractivity contribution in [2.24, 2.45) is 0 Å². The Morgan fingerprint density at radius 2 is 1.74 bits per heavy atom. The number of rotatable bonds is 5. The Balaban J connectivity index is 1.85. The van der Waals surface area contributed by atoms with Gasteiger partial charge in [0, 0.05) is 35.2 Å². The van der Waals surface area contributed by atoms with Gasteiger partial charge in [0.15, 0.2) is 0 Å². The number of benzene rings is 2. The number of anilines is 1. The van der Waals surface area contributed by atoms with Crippen molar-refractivity contribution >= 4 is 16.6 Å². The Bertz CT molecular complexity index is 1060. The molecule has 0 aliphatic heterocycles. The molecule has 4 aromatic rings. The first-order valence-corrected chi connectivity index (χ1v) is 9.09. The molecule has 0 amide bonds. The monoisotopic (exact) mass is 355 g/mol. The predicted octanol–water partition coefficient (Wildman–Crippen LogP) is 5.10. The summed E-state index contributed by atoms with van der Waals surface area (Å²) in [6, 6.07) is 19.8. The van der Waals surface area contributed by atoms with Crippen molar-refractivity contribution < 1.29 is 5.11 Å². The fraction of sp³-hybridized carbons (Fsp3) is 0.130. The lowest BCUT2D eigenvalue weighted by molar-refractivity contribution is 0.471. The van der Waals surface area contributed by atoms with Crippen molar-refractivity contribution in [3.63, 3.8) is 0 Å². The Hall–Kier alpha value is -3.40. The summed E-state index contributed by atoms with van der Waals surface area (Å²) in [5.41, 5.74) is 4.72. The van der Waals surface area contributed by atoms with Gasteiger partial charge >= 0.3 is 0 Å². The number of aryl methyl sites for hydroxylation is 1. The van der Waals surface area contributed by atoms with Crippen LogP contribution in [0.25, 0.3) is 10.9 Å². The Morgan fingerprint density at radius 1 is 0.926 bits per heavy atom. The maximum Gasteiger partial charge on any atom is 0.147 e. The molecule has 0 bridgehead atoms. The highest BCUT2D eigenvalue weighted by Gasteiger charge is 2.20. The number of nitrogens with zero attached hydrogens (tertiary/aromatic N) is 2. The van der Waals surface area contributed by atoms with Crippen LogP contribution in [0.1, 0.15) is 29.7 Å². The number of hydrogen-bond acceptors (Lipinski definition) is 4. The summed E-state index contributed by atoms with van der Waals surface area (Å²) in [5.74, 6) is 0.205. The lowest BCUT2D eigenvalue weighted by atomic mass is 9.96. The zero-order valence-electron chi connectivity index (χ0n) is 15.1. The number of aromatic hydroxyl groups is 1. The molecule has 2 heterocycles. The molecule has 0 fully saturated rings. The number of para-hydroxylation sites is 1. The highest BCUT2D eigenvalue weighted by molar-refractivity contribution is 5.86. The number of hydrogen-bond donors (Lipinski definition) is 2. The van der Waals surface area contributed by atoms with E-state index in [0.717, 1.165) is 28.6 Å². The van der Waals surface area contributed by atoms with Crippen LogP contribution in [0.5, 0.6) is 5.75 Å². The van der Waals surface area contributed by atoms with E-state index in [0.29, 0.717) is 5.52 Å². The number of nitrogens with one attached hydrogen (secondary N) is 1. The van der Waals surface area contributed by atoms with Gasteiger partial charge in [0.1, 0.15) is 11.3 Å². The van der Waals surface area contributed by atoms with Gasteiger partial charge in [0.05, 0.1) is 6.04 Å². The van der Waals surface area contributed by atoms with Crippen molar-refractivity contribution in [1.82, 2.24) is 9.97 Å². The van der Waals surface area contributed by atoms with E-state index in [9.17, 15) is 5.11 Å². The fourth-order valence-electron chi connectivity index (χ4n) is 3.40. The first kappa shape index (κ1) is 17.0. The Morgan fingerprint density at radius 3 is 2.56 bits per heavy atom. The molecule has 4 rings (SSSR count). The summed E-state index contributed by atoms with van der Waals surface area (Å²) in [6.07, 6.45) is 6.17. The average Bonchev–Trinajstić information content (AvgIpc) is 2.74. The largest absolute Gasteiger partial charge is 0.505 e. The van der Waals surface area contributed by atoms with Crippen molar-refractivity contribution in [3.8, 4) is 5.75 Å². The molecule has 0 aliphatic carbocycles. The normalized spacial score (nSPS) is 12.0. The summed E-state index contributed by atoms with van der Waals surface area (Å²) >= 11 is 0. The number of phenolic OH excluding ortho intramolecular Hbond substituents is 1. The smallest absolute Gasteiger partial charge is 0.147 e. The van der Waals surface area contributed by atoms with Gasteiger partial charge in [-0.15, -0.1) is 0 Å². The van der Waals surface area contributed by atoms with Crippen LogP contribution in [0.2, 0.25) is 0 Å². The minimum Gasteiger partial charge on any atom is -0.505 e. The quantitative estimate of drug-likeness (QED) is 0.523. The molecule has 2 aromatic carbocycles. The van der Waals surface area contributed by atoms with E-state index in [2.05, 4.69) is 34.3 Å². The third-order valence-corrected chi connectivity index (χ3v) is 4.83. The molecule has 0 aliphatic rings. The molecule has 0 saturated carbocycles. The highest BCUT2D eigenvalue weighted by Crippen LogP contribution is 2.36. The summed E-state index contributed by atoms with van der Waals surface area (Å²) < 4.78 is 0. The van der Waals surface area contributed by atoms with E-state index in [1.807, 2.05) is 48.5 Å². The lowest BCUT2D eigenvalue weighted by Crippen LogP contribution is -2.14. The van der Waals surface area contributed by atoms with Gasteiger partial charge in [-0.3, -0.25) is 9.97 Å². The van der Waals surface area contributed by atoms with Gasteiger partial charge < -0.3 is 10.4 Å². The second kappa shape index (κ2) is 7.46. The Kier molecular flexibility index (Phi) is 4.71. The van der Waals surface area contributed by atoms with Gasteiger partial charge in [0.25, 0.3) is 0 Å². The molecule has 1 atom stereocenters. The molecule has 2 aromatic heterocycles. The van der Waals surface area contributed by atoms with Crippen molar-refractivity contribution in [2.75, 3.05) is 5.32 Å². The van der Waals surface area contributed by atoms with Crippen LogP contribution in [-0.2, 0) is 6.42 Å². The highest BCUT2D eigenvalue weighted by atomic mass is 16.3. The minimum absolute atomic E-state index is 0.205. The van der Waals surface area contributed by atoms with Crippen molar-refractivity contribution in [2.45, 2.75) is 19.4 Å². The van der Waals surface area contributed by atoms with E-state index in [4.69, 9.17) is 0 Å². The Labute approximate surface area is 158 Å². The van der Waals surface area contributed by atoms with E-state index < -0.39 is 0 Å². The average molecular weight is 355 g/mol. The first-order chi connectivity index (χ1) is 13.3. The molecule has 4 heteroatoms. The topological polar surface area (TPSA) is 58.0 Å². The van der Waals surface area contributed by atoms with Crippen LogP contribution >= 0.6 is 0 Å². The standard InChI is InChI=1S/C23H21N3O/c1-2-16-6-3-4-8-20(16)26-21(18-11-14-24-15-12-18)19-10-9-17-7-5-13-25-22(17)23(19)27/h3-15,21,26-27H,2H2,1H3/t21-/m0/s1. The molecular weight excluding hydrogens is 334 g/mol. The van der Waals surface area contributed by atoms with Gasteiger partial charge in [-0.1, -0.05) is 43.3 Å². The number of phenols is 1. The van der Waals surface area contributed by atoms with Crippen LogP contribution in [0.15, 0.2) is 79.3 Å². The number of aromatic nitrogens is 2. The summed E-state index contributed by atoms with van der Waals surface area (Å²) in [5, 5.41) is 15.5. The third kappa shape index (κ3) is 3.34. The molecule has 2 N–H and O–H groups in total. The van der Waals surface area contributed by atoms with Gasteiger partial charge in [0.2, 0.25) is 0 Å². The third-order valence-electron chi connectivity index (χ3n) is 4.83. The van der Waals surface area contributed by atoms with Crippen LogP contribution in [-0.4, -0.2) is 15.1 Å². The lowest BCUT2D eigenvalue weighted by Gasteiger charge is -2.23. The minimum atomic E-state index is -0.216. The van der Waals surface area contributed by atoms with Crippen LogP contribution < -0.4 is 5.32 Å². The molecule has 0 unspecified atom stereocenters. The van der Waals surface area contributed by atoms with E-state index in [-0.39, 0.29) is 11.8 Å². The summed E-state index contributed by atoms with van der Waals surface area (Å²) in [4.78, 5) is 8.50. The first-order valence-electron chi connectivity index (χ1n) is 9.09. The molecule has 4 nitrogen and oxygen atoms in total. The van der Waals surface area contributed by atoms with Crippen molar-refractivity contribution in [3.05, 3.63) is 95.9 Å². The maximum atomic E-state index is 11.0. The van der Waals surface area contributed by atoms with Gasteiger partial charge in [-0.05, 0) is 41.8 Å². The zero-order valence-corrected chi connectivity index (χ0v) is 15.1. The number of pyridine rings is 2. The van der Waals surface area contributed by atoms with Gasteiger partial charge in [-0.2, -0.15) is 0 Å². The second-order valence-corrected chi connectivity index (χ2v) is 6.45. The molecule has 27 heavy (non-hydrogen) atoms. The SMILES string of the molecule is CCc1ccccc1N[C@@H](c1ccncc1)c1ccc2cccnc2c1O. The molecule has 0 radical (unpaired) electrons. The molecule has 134 valence electrons. The van der Waals surface area contributed by atoms with Crippen LogP contribution in [0.3, 0.4) is 0 Å². The molecule has 0 spiro atoms. The van der Waals surface area contributed by atoms with E-state index in [1.54, 1.807) is 18.6 Å². The van der Waals surface area contributed by atoms with Gasteiger partial charge in [-0.25, -0.2) is 0 Å². The van der Waals surface area contributed by atoms with Crippen molar-refractivity contribution in [1.29, 1.82) is 0 Å². The summed E-state index contributed by atoms with van der Waals surface area (Å²) in [6.45, 7) is 2.14. The maximum absolute atomic E-state index is 11.0. The number of fused-ring (bicyclic) bond motifs is 1.